The highest BCUT2D eigenvalue weighted by atomic mass is 19.1. The second-order valence-corrected chi connectivity index (χ2v) is 7.37. The number of hydrogen-bond acceptors (Lipinski definition) is 5. The zero-order valence-corrected chi connectivity index (χ0v) is 17.7. The number of aromatic nitrogens is 2. The number of carbonyl (C=O) groups is 1. The molecule has 4 aromatic rings. The van der Waals surface area contributed by atoms with Crippen molar-refractivity contribution in [1.82, 2.24) is 9.97 Å². The summed E-state index contributed by atoms with van der Waals surface area (Å²) >= 11 is 0. The van der Waals surface area contributed by atoms with E-state index in [0.29, 0.717) is 23.0 Å². The van der Waals surface area contributed by atoms with Gasteiger partial charge in [-0.3, -0.25) is 4.79 Å². The third kappa shape index (κ3) is 5.46. The molecule has 6 nitrogen and oxygen atoms in total. The van der Waals surface area contributed by atoms with E-state index in [9.17, 15) is 9.18 Å². The molecule has 0 aliphatic rings. The lowest BCUT2D eigenvalue weighted by molar-refractivity contribution is 0.102. The Labute approximate surface area is 185 Å². The Balaban J connectivity index is 1.42. The normalized spacial score (nSPS) is 10.5. The number of benzene rings is 3. The van der Waals surface area contributed by atoms with Crippen LogP contribution in [-0.2, 0) is 0 Å². The third-order valence-electron chi connectivity index (χ3n) is 4.68. The number of amides is 1. The number of nitrogens with zero attached hydrogens (tertiary/aromatic N) is 2. The van der Waals surface area contributed by atoms with Crippen molar-refractivity contribution in [3.05, 3.63) is 102 Å². The molecule has 0 atom stereocenters. The van der Waals surface area contributed by atoms with Gasteiger partial charge in [0.15, 0.2) is 0 Å². The van der Waals surface area contributed by atoms with E-state index >= 15 is 0 Å². The molecule has 0 saturated carbocycles. The predicted octanol–water partition coefficient (Wildman–Crippen LogP) is 5.97. The molecule has 0 aliphatic carbocycles. The molecule has 32 heavy (non-hydrogen) atoms. The van der Waals surface area contributed by atoms with Crippen molar-refractivity contribution in [1.29, 1.82) is 0 Å². The second kappa shape index (κ2) is 9.26. The SMILES string of the molecule is Cc1ccc(Nc2nc(C)cc(Nc3ccc(NC(=O)c4ccc(F)cc4)cc3)n2)cc1. The van der Waals surface area contributed by atoms with Crippen molar-refractivity contribution in [3.8, 4) is 0 Å². The van der Waals surface area contributed by atoms with Crippen molar-refractivity contribution in [2.75, 3.05) is 16.0 Å². The molecule has 4 rings (SSSR count). The standard InChI is InChI=1S/C25H22FN5O/c1-16-3-9-22(10-4-16)30-25-27-17(2)15-23(31-25)28-20-11-13-21(14-12-20)29-24(32)18-5-7-19(26)8-6-18/h3-15H,1-2H3,(H,29,32)(H2,27,28,30,31). The third-order valence-corrected chi connectivity index (χ3v) is 4.68. The first kappa shape index (κ1) is 21.0. The van der Waals surface area contributed by atoms with Crippen LogP contribution in [0.1, 0.15) is 21.6 Å². The lowest BCUT2D eigenvalue weighted by Crippen LogP contribution is -2.11. The van der Waals surface area contributed by atoms with Gasteiger partial charge < -0.3 is 16.0 Å². The smallest absolute Gasteiger partial charge is 0.255 e. The van der Waals surface area contributed by atoms with Crippen molar-refractivity contribution in [2.45, 2.75) is 13.8 Å². The van der Waals surface area contributed by atoms with Crippen LogP contribution >= 0.6 is 0 Å². The van der Waals surface area contributed by atoms with E-state index in [4.69, 9.17) is 0 Å². The minimum atomic E-state index is -0.380. The number of anilines is 5. The molecular formula is C25H22FN5O. The highest BCUT2D eigenvalue weighted by Crippen LogP contribution is 2.21. The molecule has 0 bridgehead atoms. The molecule has 1 heterocycles. The van der Waals surface area contributed by atoms with Crippen molar-refractivity contribution < 1.29 is 9.18 Å². The van der Waals surface area contributed by atoms with Gasteiger partial charge in [0.05, 0.1) is 0 Å². The Hall–Kier alpha value is -4.26. The van der Waals surface area contributed by atoms with Crippen molar-refractivity contribution in [3.63, 3.8) is 0 Å². The summed E-state index contributed by atoms with van der Waals surface area (Å²) in [5, 5.41) is 9.26. The minimum Gasteiger partial charge on any atom is -0.340 e. The zero-order chi connectivity index (χ0) is 22.5. The molecule has 0 unspecified atom stereocenters. The first-order valence-electron chi connectivity index (χ1n) is 10.1. The summed E-state index contributed by atoms with van der Waals surface area (Å²) in [5.41, 5.74) is 4.74. The van der Waals surface area contributed by atoms with Crippen LogP contribution in [-0.4, -0.2) is 15.9 Å². The Morgan fingerprint density at radius 3 is 2.03 bits per heavy atom. The molecule has 0 spiro atoms. The fourth-order valence-electron chi connectivity index (χ4n) is 3.04. The minimum absolute atomic E-state index is 0.302. The van der Waals surface area contributed by atoms with Crippen LogP contribution in [0.4, 0.5) is 33.2 Å². The molecule has 0 saturated heterocycles. The maximum atomic E-state index is 13.0. The Bertz CT molecular complexity index is 1220. The van der Waals surface area contributed by atoms with E-state index in [-0.39, 0.29) is 11.7 Å². The number of aryl methyl sites for hydroxylation is 2. The zero-order valence-electron chi connectivity index (χ0n) is 17.7. The van der Waals surface area contributed by atoms with Crippen molar-refractivity contribution >= 4 is 34.7 Å². The molecule has 1 amide bonds. The number of nitrogens with one attached hydrogen (secondary N) is 3. The average Bonchev–Trinajstić information content (AvgIpc) is 2.77. The van der Waals surface area contributed by atoms with Gasteiger partial charge in [-0.05, 0) is 74.5 Å². The van der Waals surface area contributed by atoms with Gasteiger partial charge in [0.25, 0.3) is 5.91 Å². The van der Waals surface area contributed by atoms with Crippen LogP contribution < -0.4 is 16.0 Å². The molecule has 0 aliphatic heterocycles. The van der Waals surface area contributed by atoms with Gasteiger partial charge >= 0.3 is 0 Å². The fraction of sp³-hybridized carbons (Fsp3) is 0.0800. The van der Waals surface area contributed by atoms with Gasteiger partial charge in [-0.25, -0.2) is 9.37 Å². The predicted molar refractivity (Wildman–Crippen MR) is 125 cm³/mol. The monoisotopic (exact) mass is 427 g/mol. The fourth-order valence-corrected chi connectivity index (χ4v) is 3.04. The van der Waals surface area contributed by atoms with Gasteiger partial charge in [0.1, 0.15) is 11.6 Å². The number of rotatable bonds is 6. The van der Waals surface area contributed by atoms with Gasteiger partial charge in [-0.15, -0.1) is 0 Å². The maximum Gasteiger partial charge on any atom is 0.255 e. The second-order valence-electron chi connectivity index (χ2n) is 7.37. The quantitative estimate of drug-likeness (QED) is 0.353. The highest BCUT2D eigenvalue weighted by Gasteiger charge is 2.07. The van der Waals surface area contributed by atoms with Crippen LogP contribution in [0.2, 0.25) is 0 Å². The summed E-state index contributed by atoms with van der Waals surface area (Å²) < 4.78 is 13.0. The first-order valence-corrected chi connectivity index (χ1v) is 10.1. The molecule has 3 aromatic carbocycles. The van der Waals surface area contributed by atoms with Gasteiger partial charge in [0, 0.05) is 34.4 Å². The van der Waals surface area contributed by atoms with E-state index < -0.39 is 0 Å². The molecule has 0 fully saturated rings. The number of carbonyl (C=O) groups excluding carboxylic acids is 1. The summed E-state index contributed by atoms with van der Waals surface area (Å²) in [4.78, 5) is 21.2. The molecule has 3 N–H and O–H groups in total. The molecule has 160 valence electrons. The van der Waals surface area contributed by atoms with Gasteiger partial charge in [0.2, 0.25) is 5.95 Å². The van der Waals surface area contributed by atoms with Gasteiger partial charge in [-0.1, -0.05) is 17.7 Å². The Morgan fingerprint density at radius 1 is 0.750 bits per heavy atom. The van der Waals surface area contributed by atoms with Crippen LogP contribution in [0.15, 0.2) is 78.9 Å². The first-order chi connectivity index (χ1) is 15.4. The Morgan fingerprint density at radius 2 is 1.34 bits per heavy atom. The van der Waals surface area contributed by atoms with E-state index in [0.717, 1.165) is 17.1 Å². The molecular weight excluding hydrogens is 405 g/mol. The largest absolute Gasteiger partial charge is 0.340 e. The highest BCUT2D eigenvalue weighted by molar-refractivity contribution is 6.04. The average molecular weight is 427 g/mol. The van der Waals surface area contributed by atoms with Crippen LogP contribution in [0, 0.1) is 19.7 Å². The number of hydrogen-bond donors (Lipinski definition) is 3. The summed E-state index contributed by atoms with van der Waals surface area (Å²) in [6.45, 7) is 3.94. The number of halogens is 1. The van der Waals surface area contributed by atoms with Crippen LogP contribution in [0.25, 0.3) is 0 Å². The van der Waals surface area contributed by atoms with Crippen LogP contribution in [0.3, 0.4) is 0 Å². The summed E-state index contributed by atoms with van der Waals surface area (Å²) in [5.74, 6) is 0.466. The summed E-state index contributed by atoms with van der Waals surface area (Å²) in [6.07, 6.45) is 0. The lowest BCUT2D eigenvalue weighted by atomic mass is 10.2. The van der Waals surface area contributed by atoms with Gasteiger partial charge in [-0.2, -0.15) is 4.98 Å². The summed E-state index contributed by atoms with van der Waals surface area (Å²) in [7, 11) is 0. The summed E-state index contributed by atoms with van der Waals surface area (Å²) in [6, 6.07) is 22.5. The molecule has 1 aromatic heterocycles. The van der Waals surface area contributed by atoms with E-state index in [1.54, 1.807) is 12.1 Å². The van der Waals surface area contributed by atoms with Crippen LogP contribution in [0.5, 0.6) is 0 Å². The molecule has 7 heteroatoms. The van der Waals surface area contributed by atoms with E-state index in [1.807, 2.05) is 56.3 Å². The maximum absolute atomic E-state index is 13.0. The van der Waals surface area contributed by atoms with E-state index in [2.05, 4.69) is 25.9 Å². The Kier molecular flexibility index (Phi) is 6.07. The lowest BCUT2D eigenvalue weighted by Gasteiger charge is -2.11. The van der Waals surface area contributed by atoms with Crippen molar-refractivity contribution in [2.24, 2.45) is 0 Å². The molecule has 0 radical (unpaired) electrons. The van der Waals surface area contributed by atoms with E-state index in [1.165, 1.54) is 29.8 Å². The topological polar surface area (TPSA) is 78.9 Å².